The average Bonchev–Trinajstić information content (AvgIpc) is 2.40. The minimum atomic E-state index is -3.56. The van der Waals surface area contributed by atoms with E-state index in [-0.39, 0.29) is 16.0 Å². The number of hydrogen-bond donors (Lipinski definition) is 2. The Bertz CT molecular complexity index is 589. The first-order chi connectivity index (χ1) is 9.92. The molecule has 0 saturated carbocycles. The van der Waals surface area contributed by atoms with Crippen molar-refractivity contribution in [1.82, 2.24) is 10.0 Å². The second-order valence-corrected chi connectivity index (χ2v) is 7.80. The molecule has 2 rings (SSSR count). The molecular weight excluding hydrogens is 308 g/mol. The molecule has 118 valence electrons. The summed E-state index contributed by atoms with van der Waals surface area (Å²) < 4.78 is 27.9. The topological polar surface area (TPSA) is 58.2 Å². The SMILES string of the molecule is CCCc1ccc(Cl)c(S(=O)(=O)NC2CCNC(C)C2)c1. The van der Waals surface area contributed by atoms with Crippen molar-refractivity contribution in [1.29, 1.82) is 0 Å². The van der Waals surface area contributed by atoms with E-state index in [1.807, 2.05) is 6.07 Å². The van der Waals surface area contributed by atoms with Gasteiger partial charge < -0.3 is 5.32 Å². The maximum atomic E-state index is 12.6. The molecule has 1 aliphatic rings. The van der Waals surface area contributed by atoms with Crippen LogP contribution < -0.4 is 10.0 Å². The van der Waals surface area contributed by atoms with Crippen molar-refractivity contribution in [3.8, 4) is 0 Å². The van der Waals surface area contributed by atoms with Crippen LogP contribution in [-0.4, -0.2) is 27.0 Å². The number of piperidine rings is 1. The van der Waals surface area contributed by atoms with Gasteiger partial charge in [0.05, 0.1) is 5.02 Å². The molecule has 1 aromatic rings. The van der Waals surface area contributed by atoms with Crippen LogP contribution in [0.1, 0.15) is 38.7 Å². The minimum absolute atomic E-state index is 0.0304. The van der Waals surface area contributed by atoms with Gasteiger partial charge in [-0.1, -0.05) is 31.0 Å². The van der Waals surface area contributed by atoms with Crippen LogP contribution in [0.3, 0.4) is 0 Å². The van der Waals surface area contributed by atoms with Crippen LogP contribution in [0.5, 0.6) is 0 Å². The largest absolute Gasteiger partial charge is 0.314 e. The Hall–Kier alpha value is -0.620. The minimum Gasteiger partial charge on any atom is -0.314 e. The van der Waals surface area contributed by atoms with E-state index in [9.17, 15) is 8.42 Å². The lowest BCUT2D eigenvalue weighted by Crippen LogP contribution is -2.46. The lowest BCUT2D eigenvalue weighted by atomic mass is 10.0. The second kappa shape index (κ2) is 7.09. The molecule has 1 aliphatic heterocycles. The first-order valence-corrected chi connectivity index (χ1v) is 9.32. The van der Waals surface area contributed by atoms with E-state index in [4.69, 9.17) is 11.6 Å². The van der Waals surface area contributed by atoms with Gasteiger partial charge in [-0.15, -0.1) is 0 Å². The average molecular weight is 331 g/mol. The molecule has 1 fully saturated rings. The number of hydrogen-bond acceptors (Lipinski definition) is 3. The van der Waals surface area contributed by atoms with Crippen LogP contribution in [0.4, 0.5) is 0 Å². The van der Waals surface area contributed by atoms with E-state index < -0.39 is 10.0 Å². The van der Waals surface area contributed by atoms with E-state index in [1.54, 1.807) is 12.1 Å². The molecular formula is C15H23ClN2O2S. The van der Waals surface area contributed by atoms with Gasteiger partial charge in [0.15, 0.2) is 0 Å². The predicted octanol–water partition coefficient (Wildman–Crippen LogP) is 2.71. The van der Waals surface area contributed by atoms with E-state index in [2.05, 4.69) is 23.9 Å². The van der Waals surface area contributed by atoms with Crippen molar-refractivity contribution in [3.63, 3.8) is 0 Å². The third-order valence-corrected chi connectivity index (χ3v) is 5.77. The van der Waals surface area contributed by atoms with Crippen molar-refractivity contribution < 1.29 is 8.42 Å². The Balaban J connectivity index is 2.20. The van der Waals surface area contributed by atoms with Gasteiger partial charge in [-0.3, -0.25) is 0 Å². The third-order valence-electron chi connectivity index (χ3n) is 3.77. The first-order valence-electron chi connectivity index (χ1n) is 7.46. The van der Waals surface area contributed by atoms with Gasteiger partial charge in [0, 0.05) is 12.1 Å². The van der Waals surface area contributed by atoms with Crippen molar-refractivity contribution in [2.45, 2.75) is 56.5 Å². The summed E-state index contributed by atoms with van der Waals surface area (Å²) in [5.41, 5.74) is 1.00. The fourth-order valence-electron chi connectivity index (χ4n) is 2.72. The molecule has 1 saturated heterocycles. The van der Waals surface area contributed by atoms with Crippen LogP contribution in [0.15, 0.2) is 23.1 Å². The highest BCUT2D eigenvalue weighted by molar-refractivity contribution is 7.89. The number of halogens is 1. The Morgan fingerprint density at radius 3 is 2.86 bits per heavy atom. The summed E-state index contributed by atoms with van der Waals surface area (Å²) in [6.45, 7) is 4.96. The van der Waals surface area contributed by atoms with Crippen LogP contribution in [0.2, 0.25) is 5.02 Å². The Morgan fingerprint density at radius 1 is 1.43 bits per heavy atom. The first kappa shape index (κ1) is 16.7. The Labute approximate surface area is 132 Å². The lowest BCUT2D eigenvalue weighted by Gasteiger charge is -2.28. The number of rotatable bonds is 5. The zero-order valence-electron chi connectivity index (χ0n) is 12.5. The highest BCUT2D eigenvalue weighted by Crippen LogP contribution is 2.24. The molecule has 21 heavy (non-hydrogen) atoms. The van der Waals surface area contributed by atoms with Crippen molar-refractivity contribution in [3.05, 3.63) is 28.8 Å². The monoisotopic (exact) mass is 330 g/mol. The van der Waals surface area contributed by atoms with Gasteiger partial charge in [-0.05, 0) is 50.4 Å². The smallest absolute Gasteiger partial charge is 0.242 e. The van der Waals surface area contributed by atoms with E-state index >= 15 is 0 Å². The Kier molecular flexibility index (Phi) is 5.66. The van der Waals surface area contributed by atoms with Crippen LogP contribution in [0.25, 0.3) is 0 Å². The van der Waals surface area contributed by atoms with Gasteiger partial charge in [0.1, 0.15) is 4.90 Å². The molecule has 0 spiro atoms. The molecule has 4 nitrogen and oxygen atoms in total. The maximum absolute atomic E-state index is 12.6. The van der Waals surface area contributed by atoms with Gasteiger partial charge >= 0.3 is 0 Å². The molecule has 0 aliphatic carbocycles. The molecule has 1 heterocycles. The summed E-state index contributed by atoms with van der Waals surface area (Å²) in [5, 5.41) is 3.60. The summed E-state index contributed by atoms with van der Waals surface area (Å²) in [5.74, 6) is 0. The van der Waals surface area contributed by atoms with Gasteiger partial charge in [-0.25, -0.2) is 13.1 Å². The zero-order valence-corrected chi connectivity index (χ0v) is 14.1. The highest BCUT2D eigenvalue weighted by Gasteiger charge is 2.26. The predicted molar refractivity (Wildman–Crippen MR) is 86.3 cm³/mol. The molecule has 0 amide bonds. The van der Waals surface area contributed by atoms with E-state index in [1.165, 1.54) is 0 Å². The van der Waals surface area contributed by atoms with Crippen molar-refractivity contribution >= 4 is 21.6 Å². The number of aryl methyl sites for hydroxylation is 1. The molecule has 2 unspecified atom stereocenters. The standard InChI is InChI=1S/C15H23ClN2O2S/c1-3-4-12-5-6-14(16)15(10-12)21(19,20)18-13-7-8-17-11(2)9-13/h5-6,10-11,13,17-18H,3-4,7-9H2,1-2H3. The van der Waals surface area contributed by atoms with Gasteiger partial charge in [0.25, 0.3) is 0 Å². The molecule has 2 atom stereocenters. The molecule has 1 aromatic carbocycles. The van der Waals surface area contributed by atoms with Crippen molar-refractivity contribution in [2.24, 2.45) is 0 Å². The van der Waals surface area contributed by atoms with Crippen LogP contribution in [-0.2, 0) is 16.4 Å². The summed E-state index contributed by atoms with van der Waals surface area (Å²) in [6.07, 6.45) is 3.42. The molecule has 6 heteroatoms. The number of sulfonamides is 1. The molecule has 2 N–H and O–H groups in total. The van der Waals surface area contributed by atoms with Gasteiger partial charge in [0.2, 0.25) is 10.0 Å². The summed E-state index contributed by atoms with van der Waals surface area (Å²) in [6, 6.07) is 5.55. The van der Waals surface area contributed by atoms with Crippen LogP contribution in [0, 0.1) is 0 Å². The maximum Gasteiger partial charge on any atom is 0.242 e. The normalized spacial score (nSPS) is 23.2. The molecule has 0 aromatic heterocycles. The van der Waals surface area contributed by atoms with E-state index in [0.29, 0.717) is 6.04 Å². The zero-order chi connectivity index (χ0) is 15.5. The quantitative estimate of drug-likeness (QED) is 0.872. The fourth-order valence-corrected chi connectivity index (χ4v) is 4.55. The lowest BCUT2D eigenvalue weighted by molar-refractivity contribution is 0.361. The summed E-state index contributed by atoms with van der Waals surface area (Å²) >= 11 is 6.10. The number of nitrogens with one attached hydrogen (secondary N) is 2. The Morgan fingerprint density at radius 2 is 2.19 bits per heavy atom. The van der Waals surface area contributed by atoms with E-state index in [0.717, 1.165) is 37.8 Å². The van der Waals surface area contributed by atoms with Gasteiger partial charge in [-0.2, -0.15) is 0 Å². The highest BCUT2D eigenvalue weighted by atomic mass is 35.5. The summed E-state index contributed by atoms with van der Waals surface area (Å²) in [7, 11) is -3.56. The summed E-state index contributed by atoms with van der Waals surface area (Å²) in [4.78, 5) is 0.196. The second-order valence-electron chi connectivity index (χ2n) is 5.71. The fraction of sp³-hybridized carbons (Fsp3) is 0.600. The molecule has 0 bridgehead atoms. The third kappa shape index (κ3) is 4.42. The number of benzene rings is 1. The van der Waals surface area contributed by atoms with Crippen LogP contribution >= 0.6 is 11.6 Å². The molecule has 0 radical (unpaired) electrons. The van der Waals surface area contributed by atoms with Crippen molar-refractivity contribution in [2.75, 3.05) is 6.54 Å².